The van der Waals surface area contributed by atoms with Crippen molar-refractivity contribution in [2.45, 2.75) is 39.7 Å². The molecule has 2 aromatic heterocycles. The SMILES string of the molecule is COc1cc(C)c2[nH]c(=O)c3sccc3c2c1-c1ccc(CCNC(=O)OC(C)(C)C)cc1. The smallest absolute Gasteiger partial charge is 0.407 e. The molecule has 0 aliphatic heterocycles. The molecule has 6 nitrogen and oxygen atoms in total. The van der Waals surface area contributed by atoms with E-state index in [9.17, 15) is 9.59 Å². The molecule has 0 atom stereocenters. The fourth-order valence-electron chi connectivity index (χ4n) is 3.98. The van der Waals surface area contributed by atoms with E-state index in [0.29, 0.717) is 17.7 Å². The van der Waals surface area contributed by atoms with Crippen LogP contribution in [0.4, 0.5) is 4.79 Å². The van der Waals surface area contributed by atoms with Crippen LogP contribution < -0.4 is 15.6 Å². The summed E-state index contributed by atoms with van der Waals surface area (Å²) in [4.78, 5) is 27.5. The van der Waals surface area contributed by atoms with E-state index < -0.39 is 11.7 Å². The van der Waals surface area contributed by atoms with E-state index in [1.165, 1.54) is 11.3 Å². The topological polar surface area (TPSA) is 80.4 Å². The van der Waals surface area contributed by atoms with Crippen LogP contribution in [0.2, 0.25) is 0 Å². The van der Waals surface area contributed by atoms with Crippen molar-refractivity contribution in [2.24, 2.45) is 0 Å². The maximum Gasteiger partial charge on any atom is 0.407 e. The standard InChI is InChI=1S/C26H28N2O4S/c1-15-14-19(31-5)20(21-18-11-13-33-23(18)24(29)28-22(15)21)17-8-6-16(7-9-17)10-12-27-25(30)32-26(2,3)4/h6-9,11,13-14H,10,12H2,1-5H3,(H,27,30)(H,28,29). The maximum absolute atomic E-state index is 12.6. The van der Waals surface area contributed by atoms with Gasteiger partial charge in [0.15, 0.2) is 0 Å². The number of carbonyl (C=O) groups is 1. The molecule has 2 aromatic carbocycles. The van der Waals surface area contributed by atoms with Gasteiger partial charge in [-0.05, 0) is 68.3 Å². The number of benzene rings is 2. The van der Waals surface area contributed by atoms with E-state index >= 15 is 0 Å². The fourth-order valence-corrected chi connectivity index (χ4v) is 4.77. The highest BCUT2D eigenvalue weighted by Gasteiger charge is 2.18. The van der Waals surface area contributed by atoms with Gasteiger partial charge in [-0.25, -0.2) is 4.79 Å². The molecule has 4 rings (SSSR count). The second kappa shape index (κ2) is 8.90. The third-order valence-electron chi connectivity index (χ3n) is 5.41. The van der Waals surface area contributed by atoms with Crippen LogP contribution in [0.3, 0.4) is 0 Å². The highest BCUT2D eigenvalue weighted by atomic mass is 32.1. The summed E-state index contributed by atoms with van der Waals surface area (Å²) in [6.07, 6.45) is 0.275. The molecule has 0 saturated carbocycles. The highest BCUT2D eigenvalue weighted by molar-refractivity contribution is 7.17. The van der Waals surface area contributed by atoms with Crippen molar-refractivity contribution in [3.05, 3.63) is 63.3 Å². The molecule has 0 fully saturated rings. The van der Waals surface area contributed by atoms with Crippen LogP contribution in [-0.2, 0) is 11.2 Å². The maximum atomic E-state index is 12.6. The molecule has 0 radical (unpaired) electrons. The number of H-pyrrole nitrogens is 1. The average Bonchev–Trinajstić information content (AvgIpc) is 3.24. The number of fused-ring (bicyclic) bond motifs is 3. The lowest BCUT2D eigenvalue weighted by atomic mass is 9.94. The van der Waals surface area contributed by atoms with Crippen molar-refractivity contribution in [1.82, 2.24) is 10.3 Å². The van der Waals surface area contributed by atoms with Crippen LogP contribution in [0, 0.1) is 6.92 Å². The third-order valence-corrected chi connectivity index (χ3v) is 6.33. The number of aromatic nitrogens is 1. The summed E-state index contributed by atoms with van der Waals surface area (Å²) >= 11 is 1.44. The lowest BCUT2D eigenvalue weighted by molar-refractivity contribution is 0.0528. The van der Waals surface area contributed by atoms with Gasteiger partial charge in [0.05, 0.1) is 12.6 Å². The monoisotopic (exact) mass is 464 g/mol. The summed E-state index contributed by atoms with van der Waals surface area (Å²) in [5, 5.41) is 6.65. The van der Waals surface area contributed by atoms with E-state index in [4.69, 9.17) is 9.47 Å². The number of aryl methyl sites for hydroxylation is 1. The average molecular weight is 465 g/mol. The van der Waals surface area contributed by atoms with E-state index in [0.717, 1.165) is 44.3 Å². The minimum absolute atomic E-state index is 0.0699. The molecule has 172 valence electrons. The number of alkyl carbamates (subject to hydrolysis) is 1. The van der Waals surface area contributed by atoms with Crippen molar-refractivity contribution < 1.29 is 14.3 Å². The van der Waals surface area contributed by atoms with Crippen molar-refractivity contribution >= 4 is 38.4 Å². The Bertz CT molecular complexity index is 1380. The van der Waals surface area contributed by atoms with Gasteiger partial charge >= 0.3 is 6.09 Å². The van der Waals surface area contributed by atoms with E-state index in [1.54, 1.807) is 7.11 Å². The number of amides is 1. The molecule has 0 aliphatic rings. The number of carbonyl (C=O) groups excluding carboxylic acids is 1. The summed E-state index contributed by atoms with van der Waals surface area (Å²) in [5.74, 6) is 0.763. The number of aromatic amines is 1. The molecule has 2 heterocycles. The quantitative estimate of drug-likeness (QED) is 0.391. The van der Waals surface area contributed by atoms with Gasteiger partial charge in [-0.1, -0.05) is 24.3 Å². The van der Waals surface area contributed by atoms with Gasteiger partial charge in [-0.15, -0.1) is 11.3 Å². The van der Waals surface area contributed by atoms with Crippen LogP contribution in [0.25, 0.3) is 32.1 Å². The number of ether oxygens (including phenoxy) is 2. The molecule has 0 aliphatic carbocycles. The van der Waals surface area contributed by atoms with E-state index in [1.807, 2.05) is 57.3 Å². The van der Waals surface area contributed by atoms with Crippen molar-refractivity contribution in [2.75, 3.05) is 13.7 Å². The predicted molar refractivity (Wildman–Crippen MR) is 135 cm³/mol. The summed E-state index contributed by atoms with van der Waals surface area (Å²) < 4.78 is 11.7. The predicted octanol–water partition coefficient (Wildman–Crippen LogP) is 5.79. The first-order valence-electron chi connectivity index (χ1n) is 10.8. The van der Waals surface area contributed by atoms with Gasteiger partial charge in [-0.2, -0.15) is 0 Å². The molecule has 4 aromatic rings. The molecule has 0 spiro atoms. The Labute approximate surface area is 196 Å². The van der Waals surface area contributed by atoms with Crippen LogP contribution in [0.5, 0.6) is 5.75 Å². The van der Waals surface area contributed by atoms with Crippen LogP contribution in [0.1, 0.15) is 31.9 Å². The zero-order chi connectivity index (χ0) is 23.8. The zero-order valence-corrected chi connectivity index (χ0v) is 20.3. The molecule has 0 bridgehead atoms. The second-order valence-corrected chi connectivity index (χ2v) is 9.93. The third kappa shape index (κ3) is 4.73. The summed E-state index contributed by atoms with van der Waals surface area (Å²) in [6.45, 7) is 7.99. The van der Waals surface area contributed by atoms with Gasteiger partial charge < -0.3 is 19.8 Å². The molecule has 7 heteroatoms. The number of thiophene rings is 1. The van der Waals surface area contributed by atoms with Crippen LogP contribution in [-0.4, -0.2) is 30.3 Å². The molecule has 0 unspecified atom stereocenters. The molecular formula is C26H28N2O4S. The first-order chi connectivity index (χ1) is 15.7. The number of rotatable bonds is 5. The number of hydrogen-bond acceptors (Lipinski definition) is 5. The van der Waals surface area contributed by atoms with Gasteiger partial charge in [-0.3, -0.25) is 4.79 Å². The van der Waals surface area contributed by atoms with Gasteiger partial charge in [0.2, 0.25) is 0 Å². The van der Waals surface area contributed by atoms with Gasteiger partial charge in [0, 0.05) is 22.9 Å². The molecule has 2 N–H and O–H groups in total. The number of methoxy groups -OCH3 is 1. The highest BCUT2D eigenvalue weighted by Crippen LogP contribution is 2.41. The Morgan fingerprint density at radius 3 is 2.55 bits per heavy atom. The Morgan fingerprint density at radius 1 is 1.15 bits per heavy atom. The Hall–Kier alpha value is -3.32. The normalized spacial score (nSPS) is 11.7. The van der Waals surface area contributed by atoms with Crippen molar-refractivity contribution in [3.8, 4) is 16.9 Å². The largest absolute Gasteiger partial charge is 0.496 e. The van der Waals surface area contributed by atoms with E-state index in [-0.39, 0.29) is 5.56 Å². The molecule has 1 amide bonds. The minimum Gasteiger partial charge on any atom is -0.496 e. The van der Waals surface area contributed by atoms with Crippen LogP contribution >= 0.6 is 11.3 Å². The minimum atomic E-state index is -0.514. The fraction of sp³-hybridized carbons (Fsp3) is 0.308. The van der Waals surface area contributed by atoms with Gasteiger partial charge in [0.1, 0.15) is 16.1 Å². The Balaban J connectivity index is 1.67. The molecule has 33 heavy (non-hydrogen) atoms. The summed E-state index contributed by atoms with van der Waals surface area (Å²) in [6, 6.07) is 12.2. The second-order valence-electron chi connectivity index (χ2n) is 9.01. The van der Waals surface area contributed by atoms with Crippen LogP contribution in [0.15, 0.2) is 46.6 Å². The Morgan fingerprint density at radius 2 is 1.88 bits per heavy atom. The van der Waals surface area contributed by atoms with E-state index in [2.05, 4.69) is 22.4 Å². The Kier molecular flexibility index (Phi) is 6.17. The zero-order valence-electron chi connectivity index (χ0n) is 19.5. The summed E-state index contributed by atoms with van der Waals surface area (Å²) in [7, 11) is 1.66. The lowest BCUT2D eigenvalue weighted by Gasteiger charge is -2.19. The number of hydrogen-bond donors (Lipinski definition) is 2. The van der Waals surface area contributed by atoms with Crippen molar-refractivity contribution in [1.29, 1.82) is 0 Å². The number of nitrogens with one attached hydrogen (secondary N) is 2. The first-order valence-corrected chi connectivity index (χ1v) is 11.7. The van der Waals surface area contributed by atoms with Crippen molar-refractivity contribution in [3.63, 3.8) is 0 Å². The molecule has 0 saturated heterocycles. The first kappa shape index (κ1) is 22.9. The summed E-state index contributed by atoms with van der Waals surface area (Å²) in [5.41, 5.74) is 4.25. The lowest BCUT2D eigenvalue weighted by Crippen LogP contribution is -2.33. The number of pyridine rings is 1. The van der Waals surface area contributed by atoms with Gasteiger partial charge in [0.25, 0.3) is 5.56 Å². The molecular weight excluding hydrogens is 436 g/mol.